The first-order valence-electron chi connectivity index (χ1n) is 7.79. The highest BCUT2D eigenvalue weighted by molar-refractivity contribution is 7.93. The molecule has 3 aromatic rings. The van der Waals surface area contributed by atoms with Crippen LogP contribution in [-0.4, -0.2) is 13.4 Å². The van der Waals surface area contributed by atoms with Crippen LogP contribution in [0.3, 0.4) is 0 Å². The van der Waals surface area contributed by atoms with Crippen LogP contribution < -0.4 is 10.0 Å². The van der Waals surface area contributed by atoms with Gasteiger partial charge in [-0.2, -0.15) is 0 Å². The van der Waals surface area contributed by atoms with Crippen LogP contribution in [0.5, 0.6) is 0 Å². The predicted molar refractivity (Wildman–Crippen MR) is 113 cm³/mol. The molecule has 0 unspecified atom stereocenters. The molecule has 2 aromatic carbocycles. The molecule has 0 aliphatic rings. The quantitative estimate of drug-likeness (QED) is 0.439. The zero-order chi connectivity index (χ0) is 20.5. The Balaban J connectivity index is 1.87. The molecule has 11 heteroatoms. The van der Waals surface area contributed by atoms with Crippen molar-refractivity contribution in [2.75, 3.05) is 10.0 Å². The summed E-state index contributed by atoms with van der Waals surface area (Å²) in [5, 5.41) is 5.72. The maximum absolute atomic E-state index is 14.6. The summed E-state index contributed by atoms with van der Waals surface area (Å²) in [7, 11) is -4.17. The molecule has 0 aliphatic carbocycles. The molecule has 1 atom stereocenters. The Morgan fingerprint density at radius 2 is 1.79 bits per heavy atom. The number of halogens is 4. The molecule has 3 rings (SSSR count). The van der Waals surface area contributed by atoms with Gasteiger partial charge >= 0.3 is 0 Å². The second kappa shape index (κ2) is 8.42. The standard InChI is InChI=1S/C17H13Cl3FN3O2S2/c1-9(10-4-11(18)6-12(19)5-10)23-15-8-14(21)16(7-13(15)20)28(25,26)24-17-22-2-3-27-17/h2-9,23H,1H3,(H,22,24)/t9-/m0/s1. The van der Waals surface area contributed by atoms with E-state index < -0.39 is 20.7 Å². The van der Waals surface area contributed by atoms with Gasteiger partial charge in [-0.1, -0.05) is 34.8 Å². The third kappa shape index (κ3) is 4.87. The Morgan fingerprint density at radius 1 is 1.11 bits per heavy atom. The number of aromatic nitrogens is 1. The third-order valence-electron chi connectivity index (χ3n) is 3.72. The number of nitrogens with one attached hydrogen (secondary N) is 2. The summed E-state index contributed by atoms with van der Waals surface area (Å²) in [5.74, 6) is -0.952. The molecule has 0 spiro atoms. The fourth-order valence-electron chi connectivity index (χ4n) is 2.43. The van der Waals surface area contributed by atoms with Gasteiger partial charge in [0.1, 0.15) is 10.7 Å². The van der Waals surface area contributed by atoms with Crippen molar-refractivity contribution in [1.82, 2.24) is 4.98 Å². The Bertz CT molecular complexity index is 1090. The maximum Gasteiger partial charge on any atom is 0.266 e. The normalized spacial score (nSPS) is 12.6. The molecular formula is C17H13Cl3FN3O2S2. The predicted octanol–water partition coefficient (Wildman–Crippen LogP) is 6.22. The zero-order valence-corrected chi connectivity index (χ0v) is 18.1. The van der Waals surface area contributed by atoms with Crippen LogP contribution in [0.1, 0.15) is 18.5 Å². The van der Waals surface area contributed by atoms with E-state index in [0.29, 0.717) is 10.0 Å². The van der Waals surface area contributed by atoms with Gasteiger partial charge in [-0.05, 0) is 42.8 Å². The summed E-state index contributed by atoms with van der Waals surface area (Å²) < 4.78 is 41.6. The van der Waals surface area contributed by atoms with Crippen LogP contribution in [0.25, 0.3) is 0 Å². The molecule has 0 bridgehead atoms. The van der Waals surface area contributed by atoms with E-state index in [1.165, 1.54) is 6.20 Å². The van der Waals surface area contributed by atoms with Gasteiger partial charge in [-0.3, -0.25) is 4.72 Å². The van der Waals surface area contributed by atoms with Crippen LogP contribution in [0.4, 0.5) is 15.2 Å². The van der Waals surface area contributed by atoms with E-state index >= 15 is 0 Å². The lowest BCUT2D eigenvalue weighted by Gasteiger charge is -2.18. The Kier molecular flexibility index (Phi) is 6.36. The second-order valence-electron chi connectivity index (χ2n) is 5.77. The van der Waals surface area contributed by atoms with Crippen molar-refractivity contribution < 1.29 is 12.8 Å². The van der Waals surface area contributed by atoms with Gasteiger partial charge in [-0.25, -0.2) is 17.8 Å². The first-order chi connectivity index (χ1) is 13.2. The Morgan fingerprint density at radius 3 is 2.39 bits per heavy atom. The molecule has 0 aliphatic heterocycles. The highest BCUT2D eigenvalue weighted by Gasteiger charge is 2.23. The van der Waals surface area contributed by atoms with Crippen molar-refractivity contribution in [3.8, 4) is 0 Å². The molecule has 0 saturated heterocycles. The van der Waals surface area contributed by atoms with E-state index in [2.05, 4.69) is 15.0 Å². The number of rotatable bonds is 6. The number of benzene rings is 2. The van der Waals surface area contributed by atoms with E-state index in [1.54, 1.807) is 23.6 Å². The van der Waals surface area contributed by atoms with E-state index in [0.717, 1.165) is 29.0 Å². The smallest absolute Gasteiger partial charge is 0.266 e. The zero-order valence-electron chi connectivity index (χ0n) is 14.2. The molecular weight excluding hydrogens is 468 g/mol. The first kappa shape index (κ1) is 21.1. The van der Waals surface area contributed by atoms with Gasteiger partial charge < -0.3 is 5.32 Å². The lowest BCUT2D eigenvalue weighted by Crippen LogP contribution is -2.15. The number of thiazole rings is 1. The number of anilines is 2. The van der Waals surface area contributed by atoms with E-state index in [4.69, 9.17) is 34.8 Å². The lowest BCUT2D eigenvalue weighted by molar-refractivity contribution is 0.570. The van der Waals surface area contributed by atoms with E-state index in [9.17, 15) is 12.8 Å². The lowest BCUT2D eigenvalue weighted by atomic mass is 10.1. The SMILES string of the molecule is C[C@H](Nc1cc(F)c(S(=O)(=O)Nc2nccs2)cc1Cl)c1cc(Cl)cc(Cl)c1. The van der Waals surface area contributed by atoms with Gasteiger partial charge in [0.25, 0.3) is 10.0 Å². The maximum atomic E-state index is 14.6. The van der Waals surface area contributed by atoms with Gasteiger partial charge in [0.05, 0.1) is 10.7 Å². The van der Waals surface area contributed by atoms with Gasteiger partial charge in [0.15, 0.2) is 5.13 Å². The average Bonchev–Trinajstić information content (AvgIpc) is 3.09. The fraction of sp³-hybridized carbons (Fsp3) is 0.118. The summed E-state index contributed by atoms with van der Waals surface area (Å²) in [5.41, 5.74) is 0.993. The Hall–Kier alpha value is -1.58. The third-order valence-corrected chi connectivity index (χ3v) is 6.64. The van der Waals surface area contributed by atoms with E-state index in [-0.39, 0.29) is 21.9 Å². The molecule has 0 amide bonds. The minimum atomic E-state index is -4.17. The molecule has 28 heavy (non-hydrogen) atoms. The highest BCUT2D eigenvalue weighted by atomic mass is 35.5. The molecule has 148 valence electrons. The van der Waals surface area contributed by atoms with Crippen molar-refractivity contribution in [2.45, 2.75) is 17.9 Å². The molecule has 0 radical (unpaired) electrons. The van der Waals surface area contributed by atoms with Crippen molar-refractivity contribution in [3.05, 3.63) is 68.4 Å². The largest absolute Gasteiger partial charge is 0.377 e. The molecule has 0 fully saturated rings. The Labute approximate surface area is 180 Å². The van der Waals surface area contributed by atoms with Crippen LogP contribution in [0, 0.1) is 5.82 Å². The topological polar surface area (TPSA) is 71.1 Å². The summed E-state index contributed by atoms with van der Waals surface area (Å²) in [4.78, 5) is 3.25. The monoisotopic (exact) mass is 479 g/mol. The van der Waals surface area contributed by atoms with Crippen molar-refractivity contribution in [1.29, 1.82) is 0 Å². The van der Waals surface area contributed by atoms with Crippen molar-refractivity contribution in [2.24, 2.45) is 0 Å². The van der Waals surface area contributed by atoms with Gasteiger partial charge in [-0.15, -0.1) is 11.3 Å². The number of hydrogen-bond acceptors (Lipinski definition) is 5. The van der Waals surface area contributed by atoms with Gasteiger partial charge in [0, 0.05) is 27.7 Å². The first-order valence-corrected chi connectivity index (χ1v) is 11.3. The average molecular weight is 481 g/mol. The molecule has 1 heterocycles. The van der Waals surface area contributed by atoms with Crippen LogP contribution >= 0.6 is 46.1 Å². The van der Waals surface area contributed by atoms with Crippen LogP contribution in [-0.2, 0) is 10.0 Å². The number of nitrogens with zero attached hydrogens (tertiary/aromatic N) is 1. The second-order valence-corrected chi connectivity index (χ2v) is 9.60. The summed E-state index contributed by atoms with van der Waals surface area (Å²) >= 11 is 19.3. The van der Waals surface area contributed by atoms with Gasteiger partial charge in [0.2, 0.25) is 0 Å². The molecule has 2 N–H and O–H groups in total. The molecule has 0 saturated carbocycles. The summed E-state index contributed by atoms with van der Waals surface area (Å²) in [6.45, 7) is 1.81. The molecule has 5 nitrogen and oxygen atoms in total. The summed E-state index contributed by atoms with van der Waals surface area (Å²) in [6, 6.07) is 6.79. The molecule has 1 aromatic heterocycles. The van der Waals surface area contributed by atoms with E-state index in [1.807, 2.05) is 6.92 Å². The summed E-state index contributed by atoms with van der Waals surface area (Å²) in [6.07, 6.45) is 1.43. The van der Waals surface area contributed by atoms with Crippen LogP contribution in [0.15, 0.2) is 46.8 Å². The fourth-order valence-corrected chi connectivity index (χ4v) is 5.13. The highest BCUT2D eigenvalue weighted by Crippen LogP contribution is 2.33. The van der Waals surface area contributed by atoms with Crippen molar-refractivity contribution in [3.63, 3.8) is 0 Å². The number of sulfonamides is 1. The number of hydrogen-bond donors (Lipinski definition) is 2. The van der Waals surface area contributed by atoms with Crippen LogP contribution in [0.2, 0.25) is 15.1 Å². The minimum Gasteiger partial charge on any atom is -0.377 e. The van der Waals surface area contributed by atoms with Crippen molar-refractivity contribution >= 4 is 67.0 Å². The minimum absolute atomic E-state index is 0.0425.